The number of aromatic nitrogens is 1. The Hall–Kier alpha value is -3.45. The smallest absolute Gasteiger partial charge is 0.0542 e. The molecular formula is C38H37NS2. The highest BCUT2D eigenvalue weighted by atomic mass is 32.1. The SMILES string of the molecule is CCCCCCC=CCCCCCc1ccc2c(c1)sc1c3ccc(C#Cc4ccc5cnccc5c4)cc3sc21. The average molecular weight is 572 g/mol. The van der Waals surface area contributed by atoms with Crippen LogP contribution in [0, 0.1) is 11.8 Å². The molecule has 0 amide bonds. The van der Waals surface area contributed by atoms with Gasteiger partial charge >= 0.3 is 0 Å². The second kappa shape index (κ2) is 13.5. The quantitative estimate of drug-likeness (QED) is 0.0856. The molecule has 6 aromatic rings. The molecule has 3 heterocycles. The summed E-state index contributed by atoms with van der Waals surface area (Å²) in [5.41, 5.74) is 3.57. The minimum atomic E-state index is 1.03. The molecule has 41 heavy (non-hydrogen) atoms. The number of hydrogen-bond acceptors (Lipinski definition) is 3. The van der Waals surface area contributed by atoms with Crippen molar-refractivity contribution in [2.24, 2.45) is 0 Å². The van der Waals surface area contributed by atoms with Crippen molar-refractivity contribution >= 4 is 63.0 Å². The van der Waals surface area contributed by atoms with E-state index in [9.17, 15) is 0 Å². The number of thiophene rings is 2. The van der Waals surface area contributed by atoms with Gasteiger partial charge in [-0.15, -0.1) is 22.7 Å². The fourth-order valence-corrected chi connectivity index (χ4v) is 8.29. The summed E-state index contributed by atoms with van der Waals surface area (Å²) in [6.07, 6.45) is 21.5. The van der Waals surface area contributed by atoms with Crippen LogP contribution in [0.3, 0.4) is 0 Å². The van der Waals surface area contributed by atoms with E-state index in [4.69, 9.17) is 0 Å². The van der Waals surface area contributed by atoms with Gasteiger partial charge in [-0.25, -0.2) is 0 Å². The molecule has 0 aliphatic carbocycles. The first-order valence-electron chi connectivity index (χ1n) is 15.2. The molecule has 0 aliphatic heterocycles. The largest absolute Gasteiger partial charge is 0.264 e. The van der Waals surface area contributed by atoms with Crippen molar-refractivity contribution in [2.45, 2.75) is 71.1 Å². The third kappa shape index (κ3) is 6.72. The van der Waals surface area contributed by atoms with Crippen molar-refractivity contribution in [3.05, 3.63) is 102 Å². The van der Waals surface area contributed by atoms with Gasteiger partial charge in [0.2, 0.25) is 0 Å². The Kier molecular flexibility index (Phi) is 9.11. The van der Waals surface area contributed by atoms with Gasteiger partial charge in [-0.1, -0.05) is 80.9 Å². The highest BCUT2D eigenvalue weighted by Gasteiger charge is 2.12. The lowest BCUT2D eigenvalue weighted by Gasteiger charge is -2.02. The van der Waals surface area contributed by atoms with E-state index in [-0.39, 0.29) is 0 Å². The van der Waals surface area contributed by atoms with E-state index in [0.717, 1.165) is 16.5 Å². The molecule has 0 unspecified atom stereocenters. The van der Waals surface area contributed by atoms with E-state index < -0.39 is 0 Å². The molecule has 0 fully saturated rings. The summed E-state index contributed by atoms with van der Waals surface area (Å²) >= 11 is 3.86. The van der Waals surface area contributed by atoms with Gasteiger partial charge in [0.05, 0.1) is 9.40 Å². The van der Waals surface area contributed by atoms with Gasteiger partial charge in [-0.3, -0.25) is 4.98 Å². The van der Waals surface area contributed by atoms with Crippen molar-refractivity contribution in [1.29, 1.82) is 0 Å². The molecule has 6 rings (SSSR count). The summed E-state index contributed by atoms with van der Waals surface area (Å²) in [4.78, 5) is 4.20. The molecule has 0 spiro atoms. The zero-order valence-electron chi connectivity index (χ0n) is 23.9. The molecule has 206 valence electrons. The van der Waals surface area contributed by atoms with Crippen LogP contribution in [-0.4, -0.2) is 4.98 Å². The van der Waals surface area contributed by atoms with Crippen molar-refractivity contribution in [2.75, 3.05) is 0 Å². The lowest BCUT2D eigenvalue weighted by molar-refractivity contribution is 0.669. The molecule has 0 N–H and O–H groups in total. The third-order valence-corrected chi connectivity index (χ3v) is 10.4. The highest BCUT2D eigenvalue weighted by Crippen LogP contribution is 2.44. The maximum Gasteiger partial charge on any atom is 0.0542 e. The molecule has 3 aromatic heterocycles. The van der Waals surface area contributed by atoms with Crippen molar-refractivity contribution in [3.63, 3.8) is 0 Å². The Morgan fingerprint density at radius 2 is 1.34 bits per heavy atom. The predicted molar refractivity (Wildman–Crippen MR) is 183 cm³/mol. The Morgan fingerprint density at radius 3 is 2.12 bits per heavy atom. The summed E-state index contributed by atoms with van der Waals surface area (Å²) in [6.45, 7) is 2.28. The van der Waals surface area contributed by atoms with E-state index in [0.29, 0.717) is 0 Å². The first-order valence-corrected chi connectivity index (χ1v) is 16.8. The number of allylic oxidation sites excluding steroid dienone is 2. The second-order valence-electron chi connectivity index (χ2n) is 11.0. The number of aryl methyl sites for hydroxylation is 1. The van der Waals surface area contributed by atoms with Crippen LogP contribution in [0.2, 0.25) is 0 Å². The van der Waals surface area contributed by atoms with E-state index >= 15 is 0 Å². The van der Waals surface area contributed by atoms with Gasteiger partial charge in [-0.05, 0) is 85.9 Å². The topological polar surface area (TPSA) is 12.9 Å². The highest BCUT2D eigenvalue weighted by molar-refractivity contribution is 7.36. The van der Waals surface area contributed by atoms with Gasteiger partial charge in [0.1, 0.15) is 0 Å². The fourth-order valence-electron chi connectivity index (χ4n) is 5.53. The zero-order chi connectivity index (χ0) is 27.9. The summed E-state index contributed by atoms with van der Waals surface area (Å²) in [6, 6.07) is 22.2. The summed E-state index contributed by atoms with van der Waals surface area (Å²) < 4.78 is 5.58. The molecule has 0 bridgehead atoms. The third-order valence-electron chi connectivity index (χ3n) is 7.87. The maximum atomic E-state index is 4.20. The van der Waals surface area contributed by atoms with Crippen LogP contribution in [0.1, 0.15) is 81.4 Å². The van der Waals surface area contributed by atoms with Crippen molar-refractivity contribution < 1.29 is 0 Å². The van der Waals surface area contributed by atoms with Crippen LogP contribution in [0.5, 0.6) is 0 Å². The monoisotopic (exact) mass is 571 g/mol. The number of hydrogen-bond donors (Lipinski definition) is 0. The van der Waals surface area contributed by atoms with E-state index in [1.54, 1.807) is 0 Å². The minimum Gasteiger partial charge on any atom is -0.264 e. The van der Waals surface area contributed by atoms with Crippen LogP contribution in [0.4, 0.5) is 0 Å². The van der Waals surface area contributed by atoms with Crippen LogP contribution >= 0.6 is 22.7 Å². The Balaban J connectivity index is 1.08. The van der Waals surface area contributed by atoms with Gasteiger partial charge in [0, 0.05) is 49.1 Å². The average Bonchev–Trinajstić information content (AvgIpc) is 3.54. The molecule has 0 saturated carbocycles. The molecular weight excluding hydrogens is 535 g/mol. The summed E-state index contributed by atoms with van der Waals surface area (Å²) in [5, 5.41) is 5.07. The Labute approximate surface area is 251 Å². The van der Waals surface area contributed by atoms with E-state index in [1.165, 1.54) is 105 Å². The van der Waals surface area contributed by atoms with Crippen LogP contribution in [-0.2, 0) is 6.42 Å². The molecule has 0 aliphatic rings. The van der Waals surface area contributed by atoms with Gasteiger partial charge in [0.15, 0.2) is 0 Å². The number of rotatable bonds is 11. The van der Waals surface area contributed by atoms with Crippen LogP contribution in [0.15, 0.2) is 85.2 Å². The first kappa shape index (κ1) is 27.7. The van der Waals surface area contributed by atoms with E-state index in [1.807, 2.05) is 41.1 Å². The zero-order valence-corrected chi connectivity index (χ0v) is 25.6. The Morgan fingerprint density at radius 1 is 0.659 bits per heavy atom. The number of benzene rings is 3. The van der Waals surface area contributed by atoms with Gasteiger partial charge in [-0.2, -0.15) is 0 Å². The summed E-state index contributed by atoms with van der Waals surface area (Å²) in [5.74, 6) is 6.74. The molecule has 0 saturated heterocycles. The molecule has 3 aromatic carbocycles. The van der Waals surface area contributed by atoms with Gasteiger partial charge in [0.25, 0.3) is 0 Å². The number of pyridine rings is 1. The molecule has 0 radical (unpaired) electrons. The lowest BCUT2D eigenvalue weighted by atomic mass is 10.0. The van der Waals surface area contributed by atoms with Crippen molar-refractivity contribution in [3.8, 4) is 11.8 Å². The standard InChI is InChI=1S/C38H37NS2/c1-2-3-4-5-6-7-8-9-10-11-12-13-28-17-20-33-35(25-28)40-38-34-21-18-30(26-36(34)41-37(33)38)15-14-29-16-19-32-27-39-23-22-31(32)24-29/h7-8,16-27H,2-6,9-13H2,1H3. The molecule has 0 atom stereocenters. The van der Waals surface area contributed by atoms with Crippen LogP contribution in [0.25, 0.3) is 40.3 Å². The molecule has 1 nitrogen and oxygen atoms in total. The Bertz CT molecular complexity index is 1870. The lowest BCUT2D eigenvalue weighted by Crippen LogP contribution is -1.85. The van der Waals surface area contributed by atoms with E-state index in [2.05, 4.69) is 90.5 Å². The summed E-state index contributed by atoms with van der Waals surface area (Å²) in [7, 11) is 0. The predicted octanol–water partition coefficient (Wildman–Crippen LogP) is 11.8. The fraction of sp³-hybridized carbons (Fsp3) is 0.289. The molecule has 3 heteroatoms. The number of nitrogens with zero attached hydrogens (tertiary/aromatic N) is 1. The second-order valence-corrected chi connectivity index (χ2v) is 13.1. The van der Waals surface area contributed by atoms with Gasteiger partial charge < -0.3 is 0 Å². The van der Waals surface area contributed by atoms with Crippen molar-refractivity contribution in [1.82, 2.24) is 4.98 Å². The minimum absolute atomic E-state index is 1.03. The van der Waals surface area contributed by atoms with Crippen LogP contribution < -0.4 is 0 Å². The first-order chi connectivity index (χ1) is 20.3. The normalized spacial score (nSPS) is 11.7. The maximum absolute atomic E-state index is 4.20. The number of unbranched alkanes of at least 4 members (excludes halogenated alkanes) is 7. The number of fused-ring (bicyclic) bond motifs is 6.